The van der Waals surface area contributed by atoms with Gasteiger partial charge in [0, 0.05) is 10.5 Å². The van der Waals surface area contributed by atoms with Crippen LogP contribution in [0.1, 0.15) is 41.0 Å². The average molecular weight is 393 g/mol. The lowest BCUT2D eigenvalue weighted by molar-refractivity contribution is 0.0940. The van der Waals surface area contributed by atoms with Gasteiger partial charge in [-0.25, -0.2) is 4.39 Å². The van der Waals surface area contributed by atoms with E-state index in [1.54, 1.807) is 24.3 Å². The molecule has 0 fully saturated rings. The third-order valence-electron chi connectivity index (χ3n) is 3.58. The molecule has 0 radical (unpaired) electrons. The Labute approximate surface area is 148 Å². The zero-order valence-electron chi connectivity index (χ0n) is 13.4. The van der Waals surface area contributed by atoms with Crippen molar-refractivity contribution < 1.29 is 14.0 Å². The highest BCUT2D eigenvalue weighted by molar-refractivity contribution is 9.10. The van der Waals surface area contributed by atoms with Crippen LogP contribution in [0.2, 0.25) is 0 Å². The molecule has 1 unspecified atom stereocenters. The summed E-state index contributed by atoms with van der Waals surface area (Å²) in [4.78, 5) is 24.7. The van der Waals surface area contributed by atoms with E-state index in [4.69, 9.17) is 0 Å². The van der Waals surface area contributed by atoms with Gasteiger partial charge in [0.15, 0.2) is 0 Å². The van der Waals surface area contributed by atoms with Gasteiger partial charge in [0.1, 0.15) is 5.82 Å². The second-order valence-corrected chi connectivity index (χ2v) is 6.32. The van der Waals surface area contributed by atoms with Crippen LogP contribution in [-0.2, 0) is 0 Å². The number of nitrogens with one attached hydrogen (secondary N) is 2. The molecule has 4 nitrogen and oxygen atoms in total. The van der Waals surface area contributed by atoms with Crippen molar-refractivity contribution in [2.24, 2.45) is 0 Å². The smallest absolute Gasteiger partial charge is 0.258 e. The number of hydrogen-bond donors (Lipinski definition) is 2. The van der Waals surface area contributed by atoms with Crippen LogP contribution in [0.15, 0.2) is 46.9 Å². The molecule has 1 atom stereocenters. The highest BCUT2D eigenvalue weighted by atomic mass is 79.9. The molecule has 0 saturated heterocycles. The number of halogens is 2. The molecular weight excluding hydrogens is 375 g/mol. The molecule has 0 aliphatic heterocycles. The SMILES string of the molecule is CCC(C)NC(=O)c1ccccc1NC(=O)c1cc(Br)ccc1F. The second kappa shape index (κ2) is 8.06. The molecule has 2 amide bonds. The number of rotatable bonds is 5. The number of amides is 2. The Balaban J connectivity index is 2.25. The van der Waals surface area contributed by atoms with Gasteiger partial charge >= 0.3 is 0 Å². The summed E-state index contributed by atoms with van der Waals surface area (Å²) in [6, 6.07) is 10.8. The van der Waals surface area contributed by atoms with Crippen LogP contribution in [0.3, 0.4) is 0 Å². The van der Waals surface area contributed by atoms with Gasteiger partial charge in [-0.05, 0) is 43.7 Å². The summed E-state index contributed by atoms with van der Waals surface area (Å²) >= 11 is 3.21. The van der Waals surface area contributed by atoms with Crippen molar-refractivity contribution in [2.45, 2.75) is 26.3 Å². The fourth-order valence-electron chi connectivity index (χ4n) is 2.05. The number of hydrogen-bond acceptors (Lipinski definition) is 2. The lowest BCUT2D eigenvalue weighted by Gasteiger charge is -2.15. The minimum atomic E-state index is -0.628. The molecule has 2 aromatic carbocycles. The third kappa shape index (κ3) is 4.41. The van der Waals surface area contributed by atoms with Crippen molar-refractivity contribution >= 4 is 33.4 Å². The first-order valence-corrected chi connectivity index (χ1v) is 8.38. The van der Waals surface area contributed by atoms with E-state index in [-0.39, 0.29) is 17.5 Å². The minimum absolute atomic E-state index is 0.0174. The normalized spacial score (nSPS) is 11.7. The van der Waals surface area contributed by atoms with Crippen LogP contribution in [0, 0.1) is 5.82 Å². The monoisotopic (exact) mass is 392 g/mol. The molecule has 126 valence electrons. The van der Waals surface area contributed by atoms with Gasteiger partial charge in [-0.1, -0.05) is 35.0 Å². The van der Waals surface area contributed by atoms with Crippen molar-refractivity contribution in [3.63, 3.8) is 0 Å². The fourth-order valence-corrected chi connectivity index (χ4v) is 2.42. The summed E-state index contributed by atoms with van der Waals surface area (Å²) in [7, 11) is 0. The maximum atomic E-state index is 13.8. The Hall–Kier alpha value is -2.21. The Morgan fingerprint density at radius 2 is 1.83 bits per heavy atom. The lowest BCUT2D eigenvalue weighted by atomic mass is 10.1. The van der Waals surface area contributed by atoms with Crippen LogP contribution >= 0.6 is 15.9 Å². The summed E-state index contributed by atoms with van der Waals surface area (Å²) in [6.07, 6.45) is 0.795. The van der Waals surface area contributed by atoms with Crippen LogP contribution < -0.4 is 10.6 Å². The zero-order chi connectivity index (χ0) is 17.7. The number of para-hydroxylation sites is 1. The Bertz CT molecular complexity index is 764. The zero-order valence-corrected chi connectivity index (χ0v) is 15.0. The van der Waals surface area contributed by atoms with Crippen molar-refractivity contribution in [3.05, 3.63) is 63.9 Å². The summed E-state index contributed by atoms with van der Waals surface area (Å²) in [6.45, 7) is 3.87. The van der Waals surface area contributed by atoms with E-state index >= 15 is 0 Å². The Morgan fingerprint density at radius 3 is 2.54 bits per heavy atom. The molecule has 2 rings (SSSR count). The summed E-state index contributed by atoms with van der Waals surface area (Å²) in [5, 5.41) is 5.45. The van der Waals surface area contributed by atoms with Gasteiger partial charge in [0.2, 0.25) is 0 Å². The van der Waals surface area contributed by atoms with Gasteiger partial charge in [-0.2, -0.15) is 0 Å². The maximum absolute atomic E-state index is 13.8. The Morgan fingerprint density at radius 1 is 1.12 bits per heavy atom. The number of carbonyl (C=O) groups excluding carboxylic acids is 2. The molecule has 0 aliphatic carbocycles. The van der Waals surface area contributed by atoms with Gasteiger partial charge in [0.25, 0.3) is 11.8 Å². The molecule has 0 bridgehead atoms. The van der Waals surface area contributed by atoms with Gasteiger partial charge in [-0.3, -0.25) is 9.59 Å². The lowest BCUT2D eigenvalue weighted by Crippen LogP contribution is -2.32. The van der Waals surface area contributed by atoms with E-state index in [0.29, 0.717) is 15.7 Å². The van der Waals surface area contributed by atoms with E-state index < -0.39 is 11.7 Å². The largest absolute Gasteiger partial charge is 0.350 e. The molecule has 6 heteroatoms. The maximum Gasteiger partial charge on any atom is 0.258 e. The molecule has 2 aromatic rings. The summed E-state index contributed by atoms with van der Waals surface area (Å²) < 4.78 is 14.4. The molecule has 0 aliphatic rings. The van der Waals surface area contributed by atoms with Crippen LogP contribution in [0.5, 0.6) is 0 Å². The van der Waals surface area contributed by atoms with Crippen LogP contribution in [0.25, 0.3) is 0 Å². The number of benzene rings is 2. The van der Waals surface area contributed by atoms with Crippen molar-refractivity contribution in [2.75, 3.05) is 5.32 Å². The van der Waals surface area contributed by atoms with Crippen LogP contribution in [0.4, 0.5) is 10.1 Å². The first-order valence-electron chi connectivity index (χ1n) is 7.58. The van der Waals surface area contributed by atoms with E-state index in [2.05, 4.69) is 26.6 Å². The second-order valence-electron chi connectivity index (χ2n) is 5.41. The third-order valence-corrected chi connectivity index (χ3v) is 4.08. The number of anilines is 1. The van der Waals surface area contributed by atoms with Crippen molar-refractivity contribution in [1.29, 1.82) is 0 Å². The van der Waals surface area contributed by atoms with Crippen molar-refractivity contribution in [3.8, 4) is 0 Å². The molecular formula is C18H18BrFN2O2. The molecule has 0 heterocycles. The van der Waals surface area contributed by atoms with E-state index in [1.165, 1.54) is 18.2 Å². The number of carbonyl (C=O) groups is 2. The summed E-state index contributed by atoms with van der Waals surface area (Å²) in [5.41, 5.74) is 0.575. The summed E-state index contributed by atoms with van der Waals surface area (Å²) in [5.74, 6) is -1.52. The quantitative estimate of drug-likeness (QED) is 0.793. The highest BCUT2D eigenvalue weighted by Crippen LogP contribution is 2.20. The van der Waals surface area contributed by atoms with Gasteiger partial charge in [0.05, 0.1) is 16.8 Å². The predicted octanol–water partition coefficient (Wildman–Crippen LogP) is 4.37. The molecule has 0 saturated carbocycles. The van der Waals surface area contributed by atoms with E-state index in [1.807, 2.05) is 13.8 Å². The highest BCUT2D eigenvalue weighted by Gasteiger charge is 2.17. The van der Waals surface area contributed by atoms with E-state index in [0.717, 1.165) is 6.42 Å². The standard InChI is InChI=1S/C18H18BrFN2O2/c1-3-11(2)21-17(23)13-6-4-5-7-16(13)22-18(24)14-10-12(19)8-9-15(14)20/h4-11H,3H2,1-2H3,(H,21,23)(H,22,24). The molecule has 0 aromatic heterocycles. The predicted molar refractivity (Wildman–Crippen MR) is 95.7 cm³/mol. The Kier molecular flexibility index (Phi) is 6.09. The van der Waals surface area contributed by atoms with Crippen LogP contribution in [-0.4, -0.2) is 17.9 Å². The molecule has 24 heavy (non-hydrogen) atoms. The average Bonchev–Trinajstić information content (AvgIpc) is 2.57. The van der Waals surface area contributed by atoms with Gasteiger partial charge < -0.3 is 10.6 Å². The first-order chi connectivity index (χ1) is 11.4. The minimum Gasteiger partial charge on any atom is -0.350 e. The first kappa shape index (κ1) is 18.1. The van der Waals surface area contributed by atoms with Gasteiger partial charge in [-0.15, -0.1) is 0 Å². The molecule has 2 N–H and O–H groups in total. The van der Waals surface area contributed by atoms with Crippen molar-refractivity contribution in [1.82, 2.24) is 5.32 Å². The molecule has 0 spiro atoms. The topological polar surface area (TPSA) is 58.2 Å². The van der Waals surface area contributed by atoms with E-state index in [9.17, 15) is 14.0 Å². The fraction of sp³-hybridized carbons (Fsp3) is 0.222.